The lowest BCUT2D eigenvalue weighted by Gasteiger charge is -2.06. The molecule has 0 aliphatic heterocycles. The van der Waals surface area contributed by atoms with Crippen LogP contribution in [0.15, 0.2) is 64.0 Å². The van der Waals surface area contributed by atoms with Gasteiger partial charge in [-0.25, -0.2) is 4.79 Å². The molecule has 0 saturated heterocycles. The van der Waals surface area contributed by atoms with Gasteiger partial charge in [-0.05, 0) is 42.0 Å². The molecule has 4 aromatic rings. The van der Waals surface area contributed by atoms with Gasteiger partial charge in [0.05, 0.1) is 0 Å². The van der Waals surface area contributed by atoms with Gasteiger partial charge in [0, 0.05) is 34.2 Å². The summed E-state index contributed by atoms with van der Waals surface area (Å²) in [5.41, 5.74) is 3.04. The first kappa shape index (κ1) is 13.8. The average molecular weight is 326 g/mol. The molecule has 2 aromatic carbocycles. The predicted molar refractivity (Wildman–Crippen MR) is 88.6 cm³/mol. The minimum absolute atomic E-state index is 0.430. The summed E-state index contributed by atoms with van der Waals surface area (Å²) < 4.78 is 6.70. The molecular weight excluding hydrogens is 314 g/mol. The molecule has 0 aliphatic rings. The van der Waals surface area contributed by atoms with E-state index in [9.17, 15) is 4.79 Å². The molecule has 0 bridgehead atoms. The second-order valence-electron chi connectivity index (χ2n) is 5.29. The molecule has 0 aliphatic carbocycles. The van der Waals surface area contributed by atoms with Crippen LogP contribution in [0.25, 0.3) is 22.3 Å². The second kappa shape index (κ2) is 5.44. The normalized spacial score (nSPS) is 11.2. The number of fused-ring (bicyclic) bond motifs is 1. The van der Waals surface area contributed by atoms with Gasteiger partial charge >= 0.3 is 5.76 Å². The van der Waals surface area contributed by atoms with Gasteiger partial charge in [-0.15, -0.1) is 0 Å². The molecule has 1 N–H and O–H groups in total. The number of halogens is 1. The quantitative estimate of drug-likeness (QED) is 0.625. The topological polar surface area (TPSA) is 63.8 Å². The lowest BCUT2D eigenvalue weighted by molar-refractivity contribution is 0.388. The van der Waals surface area contributed by atoms with Crippen molar-refractivity contribution in [3.63, 3.8) is 0 Å². The Morgan fingerprint density at radius 2 is 2.09 bits per heavy atom. The summed E-state index contributed by atoms with van der Waals surface area (Å²) >= 11 is 6.04. The molecule has 0 radical (unpaired) electrons. The van der Waals surface area contributed by atoms with Crippen LogP contribution in [0.4, 0.5) is 0 Å². The third kappa shape index (κ3) is 2.66. The highest BCUT2D eigenvalue weighted by Crippen LogP contribution is 2.23. The Morgan fingerprint density at radius 1 is 1.17 bits per heavy atom. The highest BCUT2D eigenvalue weighted by Gasteiger charge is 2.08. The predicted octanol–water partition coefficient (Wildman–Crippen LogP) is 3.69. The van der Waals surface area contributed by atoms with E-state index in [-0.39, 0.29) is 0 Å². The zero-order chi connectivity index (χ0) is 15.8. The summed E-state index contributed by atoms with van der Waals surface area (Å²) in [5, 5.41) is 5.51. The van der Waals surface area contributed by atoms with Gasteiger partial charge in [0.15, 0.2) is 5.82 Å². The first-order valence-corrected chi connectivity index (χ1v) is 7.46. The maximum atomic E-state index is 11.1. The largest absolute Gasteiger partial charge is 0.439 e. The number of hydrogen-bond acceptors (Lipinski definition) is 3. The van der Waals surface area contributed by atoms with E-state index >= 15 is 0 Å². The summed E-state index contributed by atoms with van der Waals surface area (Å²) in [6.45, 7) is 0.740. The van der Waals surface area contributed by atoms with E-state index in [4.69, 9.17) is 11.6 Å². The average Bonchev–Trinajstić information content (AvgIpc) is 3.14. The fourth-order valence-electron chi connectivity index (χ4n) is 2.67. The monoisotopic (exact) mass is 325 g/mol. The van der Waals surface area contributed by atoms with Crippen LogP contribution in [-0.4, -0.2) is 14.7 Å². The van der Waals surface area contributed by atoms with Crippen LogP contribution >= 0.6 is 11.6 Å². The number of nitrogens with one attached hydrogen (secondary N) is 1. The number of aromatic amines is 1. The van der Waals surface area contributed by atoms with Crippen LogP contribution < -0.4 is 5.76 Å². The summed E-state index contributed by atoms with van der Waals surface area (Å²) in [6.07, 6.45) is 2.03. The van der Waals surface area contributed by atoms with Crippen LogP contribution in [-0.2, 0) is 6.54 Å². The minimum Gasteiger partial charge on any atom is -0.343 e. The number of benzene rings is 2. The van der Waals surface area contributed by atoms with Gasteiger partial charge in [0.2, 0.25) is 0 Å². The van der Waals surface area contributed by atoms with Crippen LogP contribution in [0.2, 0.25) is 5.02 Å². The van der Waals surface area contributed by atoms with Crippen LogP contribution in [0, 0.1) is 0 Å². The van der Waals surface area contributed by atoms with E-state index in [0.29, 0.717) is 5.82 Å². The summed E-state index contributed by atoms with van der Waals surface area (Å²) in [4.78, 5) is 13.6. The fraction of sp³-hybridized carbons (Fsp3) is 0.0588. The Balaban J connectivity index is 1.71. The molecule has 114 valence electrons. The van der Waals surface area contributed by atoms with Crippen molar-refractivity contribution in [3.8, 4) is 11.4 Å². The molecule has 23 heavy (non-hydrogen) atoms. The number of aromatic nitrogens is 3. The van der Waals surface area contributed by atoms with E-state index in [2.05, 4.69) is 19.2 Å². The van der Waals surface area contributed by atoms with Crippen LogP contribution in [0.1, 0.15) is 5.56 Å². The van der Waals surface area contributed by atoms with Crippen molar-refractivity contribution in [2.24, 2.45) is 0 Å². The maximum absolute atomic E-state index is 11.1. The molecule has 0 saturated carbocycles. The Morgan fingerprint density at radius 3 is 2.87 bits per heavy atom. The molecule has 0 spiro atoms. The van der Waals surface area contributed by atoms with Crippen LogP contribution in [0.3, 0.4) is 0 Å². The standard InChI is InChI=1S/C17H12ClN3O2/c18-14-3-1-2-11(8-14)10-21-7-6-12-9-13(4-5-15(12)21)16-19-17(22)23-20-16/h1-9H,10H2,(H,19,20,22). The SMILES string of the molecule is O=c1[nH]c(-c2ccc3c(ccn3Cc3cccc(Cl)c3)c2)no1. The molecule has 6 heteroatoms. The van der Waals surface area contributed by atoms with Crippen molar-refractivity contribution < 1.29 is 4.52 Å². The molecule has 0 unspecified atom stereocenters. The Labute approximate surface area is 136 Å². The highest BCUT2D eigenvalue weighted by molar-refractivity contribution is 6.30. The van der Waals surface area contributed by atoms with Crippen molar-refractivity contribution in [1.29, 1.82) is 0 Å². The van der Waals surface area contributed by atoms with Gasteiger partial charge in [-0.2, -0.15) is 0 Å². The number of rotatable bonds is 3. The van der Waals surface area contributed by atoms with E-state index < -0.39 is 5.76 Å². The van der Waals surface area contributed by atoms with E-state index in [0.717, 1.165) is 33.6 Å². The van der Waals surface area contributed by atoms with E-state index in [1.807, 2.05) is 54.7 Å². The maximum Gasteiger partial charge on any atom is 0.439 e. The molecule has 0 fully saturated rings. The Kier molecular flexibility index (Phi) is 3.28. The third-order valence-corrected chi connectivity index (χ3v) is 3.96. The number of H-pyrrole nitrogens is 1. The lowest BCUT2D eigenvalue weighted by Crippen LogP contribution is -1.97. The summed E-state index contributed by atoms with van der Waals surface area (Å²) in [7, 11) is 0. The zero-order valence-corrected chi connectivity index (χ0v) is 12.7. The first-order valence-electron chi connectivity index (χ1n) is 7.09. The number of hydrogen-bond donors (Lipinski definition) is 1. The summed E-state index contributed by atoms with van der Waals surface area (Å²) in [6, 6.07) is 15.7. The highest BCUT2D eigenvalue weighted by atomic mass is 35.5. The van der Waals surface area contributed by atoms with Crippen molar-refractivity contribution in [2.75, 3.05) is 0 Å². The molecule has 0 amide bonds. The van der Waals surface area contributed by atoms with E-state index in [1.54, 1.807) is 0 Å². The fourth-order valence-corrected chi connectivity index (χ4v) is 2.88. The minimum atomic E-state index is -0.557. The Bertz CT molecular complexity index is 1050. The smallest absolute Gasteiger partial charge is 0.343 e. The molecule has 2 aromatic heterocycles. The molecule has 5 nitrogen and oxygen atoms in total. The first-order chi connectivity index (χ1) is 11.2. The van der Waals surface area contributed by atoms with Gasteiger partial charge in [0.25, 0.3) is 0 Å². The van der Waals surface area contributed by atoms with Gasteiger partial charge in [0.1, 0.15) is 0 Å². The van der Waals surface area contributed by atoms with Crippen LogP contribution in [0.5, 0.6) is 0 Å². The second-order valence-corrected chi connectivity index (χ2v) is 5.73. The van der Waals surface area contributed by atoms with Crippen molar-refractivity contribution in [1.82, 2.24) is 14.7 Å². The van der Waals surface area contributed by atoms with Gasteiger partial charge < -0.3 is 4.57 Å². The van der Waals surface area contributed by atoms with E-state index in [1.165, 1.54) is 0 Å². The van der Waals surface area contributed by atoms with Crippen molar-refractivity contribution in [3.05, 3.63) is 75.9 Å². The molecular formula is C17H12ClN3O2. The number of nitrogens with zero attached hydrogens (tertiary/aromatic N) is 2. The molecule has 0 atom stereocenters. The van der Waals surface area contributed by atoms with Crippen molar-refractivity contribution >= 4 is 22.5 Å². The van der Waals surface area contributed by atoms with Crippen molar-refractivity contribution in [2.45, 2.75) is 6.54 Å². The van der Waals surface area contributed by atoms with Gasteiger partial charge in [-0.1, -0.05) is 28.9 Å². The third-order valence-electron chi connectivity index (χ3n) is 3.73. The van der Waals surface area contributed by atoms with Gasteiger partial charge in [-0.3, -0.25) is 9.51 Å². The molecule has 4 rings (SSSR count). The zero-order valence-electron chi connectivity index (χ0n) is 12.0. The Hall–Kier alpha value is -2.79. The lowest BCUT2D eigenvalue weighted by atomic mass is 10.1. The summed E-state index contributed by atoms with van der Waals surface area (Å²) in [5.74, 6) is -0.127. The molecule has 2 heterocycles.